The van der Waals surface area contributed by atoms with Gasteiger partial charge in [-0.2, -0.15) is 0 Å². The Bertz CT molecular complexity index is 489. The molecule has 0 aliphatic carbocycles. The fourth-order valence-electron chi connectivity index (χ4n) is 1.54. The third kappa shape index (κ3) is 2.00. The highest BCUT2D eigenvalue weighted by atomic mass is 79.9. The minimum absolute atomic E-state index is 0.447. The summed E-state index contributed by atoms with van der Waals surface area (Å²) in [4.78, 5) is 4.25. The summed E-state index contributed by atoms with van der Waals surface area (Å²) in [7, 11) is 0. The smallest absolute Gasteiger partial charge is 0.0922 e. The molecule has 0 aliphatic rings. The fourth-order valence-corrected chi connectivity index (χ4v) is 2.14. The number of rotatable bonds is 2. The summed E-state index contributed by atoms with van der Waals surface area (Å²) in [6.07, 6.45) is 1.07. The number of alkyl halides is 1. The van der Waals surface area contributed by atoms with Crippen LogP contribution in [0.3, 0.4) is 0 Å². The van der Waals surface area contributed by atoms with Crippen molar-refractivity contribution in [1.29, 1.82) is 0 Å². The third-order valence-corrected chi connectivity index (χ3v) is 3.18. The summed E-state index contributed by atoms with van der Waals surface area (Å²) >= 11 is 9.29. The number of hydrogen-bond donors (Lipinski definition) is 1. The normalized spacial score (nSPS) is 13.0. The first-order valence-electron chi connectivity index (χ1n) is 4.51. The Morgan fingerprint density at radius 3 is 2.93 bits per heavy atom. The van der Waals surface area contributed by atoms with E-state index in [1.54, 1.807) is 12.3 Å². The second-order valence-corrected chi connectivity index (χ2v) is 4.26. The Kier molecular flexibility index (Phi) is 3.24. The Morgan fingerprint density at radius 1 is 1.40 bits per heavy atom. The van der Waals surface area contributed by atoms with Crippen LogP contribution < -0.4 is 0 Å². The maximum absolute atomic E-state index is 9.84. The molecule has 1 heterocycles. The topological polar surface area (TPSA) is 33.1 Å². The Balaban J connectivity index is 2.74. The third-order valence-electron chi connectivity index (χ3n) is 2.24. The molecule has 1 N–H and O–H groups in total. The average Bonchev–Trinajstić information content (AvgIpc) is 2.28. The Morgan fingerprint density at radius 2 is 2.20 bits per heavy atom. The van der Waals surface area contributed by atoms with Gasteiger partial charge in [0.15, 0.2) is 0 Å². The number of pyridine rings is 1. The van der Waals surface area contributed by atoms with E-state index >= 15 is 0 Å². The highest BCUT2D eigenvalue weighted by Crippen LogP contribution is 2.30. The van der Waals surface area contributed by atoms with E-state index in [1.165, 1.54) is 0 Å². The monoisotopic (exact) mass is 285 g/mol. The molecule has 1 aromatic carbocycles. The Labute approximate surface area is 101 Å². The molecule has 0 bridgehead atoms. The van der Waals surface area contributed by atoms with Gasteiger partial charge in [0.2, 0.25) is 0 Å². The summed E-state index contributed by atoms with van der Waals surface area (Å²) < 4.78 is 0. The molecular formula is C11H9BrClNO. The van der Waals surface area contributed by atoms with Gasteiger partial charge in [-0.05, 0) is 12.1 Å². The number of halogens is 2. The largest absolute Gasteiger partial charge is 0.387 e. The molecule has 0 saturated carbocycles. The van der Waals surface area contributed by atoms with Gasteiger partial charge in [-0.1, -0.05) is 39.7 Å². The molecule has 1 atom stereocenters. The zero-order valence-electron chi connectivity index (χ0n) is 7.82. The van der Waals surface area contributed by atoms with Crippen LogP contribution in [0.25, 0.3) is 10.9 Å². The summed E-state index contributed by atoms with van der Waals surface area (Å²) in [6.45, 7) is 0. The van der Waals surface area contributed by atoms with Crippen molar-refractivity contribution in [2.45, 2.75) is 6.10 Å². The van der Waals surface area contributed by atoms with Crippen molar-refractivity contribution < 1.29 is 5.11 Å². The lowest BCUT2D eigenvalue weighted by Crippen LogP contribution is -2.01. The van der Waals surface area contributed by atoms with Gasteiger partial charge in [0.1, 0.15) is 0 Å². The maximum atomic E-state index is 9.84. The van der Waals surface area contributed by atoms with Gasteiger partial charge in [0.25, 0.3) is 0 Å². The van der Waals surface area contributed by atoms with Crippen LogP contribution in [0.4, 0.5) is 0 Å². The highest BCUT2D eigenvalue weighted by Gasteiger charge is 2.14. The van der Waals surface area contributed by atoms with Crippen LogP contribution >= 0.6 is 27.5 Å². The number of fused-ring (bicyclic) bond motifs is 1. The molecular weight excluding hydrogens is 277 g/mol. The standard InChI is InChI=1S/C11H9BrClNO/c12-6-9(15)10-8(13)4-3-7-2-1-5-14-11(7)10/h1-5,9,15H,6H2. The molecule has 78 valence electrons. The second-order valence-electron chi connectivity index (χ2n) is 3.21. The van der Waals surface area contributed by atoms with Gasteiger partial charge in [0.05, 0.1) is 11.6 Å². The lowest BCUT2D eigenvalue weighted by Gasteiger charge is -2.12. The van der Waals surface area contributed by atoms with Gasteiger partial charge in [-0.25, -0.2) is 0 Å². The minimum atomic E-state index is -0.629. The van der Waals surface area contributed by atoms with E-state index in [4.69, 9.17) is 11.6 Å². The Hall–Kier alpha value is -0.640. The van der Waals surface area contributed by atoms with Crippen molar-refractivity contribution in [2.75, 3.05) is 5.33 Å². The molecule has 2 rings (SSSR count). The van der Waals surface area contributed by atoms with Crippen LogP contribution in [-0.4, -0.2) is 15.4 Å². The van der Waals surface area contributed by atoms with Crippen molar-refractivity contribution in [3.8, 4) is 0 Å². The van der Waals surface area contributed by atoms with Crippen molar-refractivity contribution in [1.82, 2.24) is 4.98 Å². The van der Waals surface area contributed by atoms with E-state index in [0.29, 0.717) is 15.9 Å². The lowest BCUT2D eigenvalue weighted by molar-refractivity contribution is 0.207. The quantitative estimate of drug-likeness (QED) is 0.859. The van der Waals surface area contributed by atoms with E-state index < -0.39 is 6.10 Å². The second kappa shape index (κ2) is 4.47. The molecule has 2 nitrogen and oxygen atoms in total. The van der Waals surface area contributed by atoms with Crippen LogP contribution in [-0.2, 0) is 0 Å². The molecule has 1 unspecified atom stereocenters. The SMILES string of the molecule is OC(CBr)c1c(Cl)ccc2cccnc12. The van der Waals surface area contributed by atoms with E-state index in [2.05, 4.69) is 20.9 Å². The zero-order chi connectivity index (χ0) is 10.8. The first-order chi connectivity index (χ1) is 7.24. The molecule has 15 heavy (non-hydrogen) atoms. The van der Waals surface area contributed by atoms with Gasteiger partial charge < -0.3 is 5.11 Å². The lowest BCUT2D eigenvalue weighted by atomic mass is 10.1. The van der Waals surface area contributed by atoms with Gasteiger partial charge in [-0.15, -0.1) is 0 Å². The first-order valence-corrected chi connectivity index (χ1v) is 6.01. The summed E-state index contributed by atoms with van der Waals surface area (Å²) in [5, 5.41) is 11.8. The molecule has 0 fully saturated rings. The van der Waals surface area contributed by atoms with Crippen LogP contribution in [0, 0.1) is 0 Å². The van der Waals surface area contributed by atoms with Gasteiger partial charge >= 0.3 is 0 Å². The van der Waals surface area contributed by atoms with Crippen LogP contribution in [0.2, 0.25) is 5.02 Å². The molecule has 1 aromatic heterocycles. The zero-order valence-corrected chi connectivity index (χ0v) is 10.2. The van der Waals surface area contributed by atoms with E-state index in [-0.39, 0.29) is 0 Å². The van der Waals surface area contributed by atoms with Gasteiger partial charge in [0, 0.05) is 27.5 Å². The van der Waals surface area contributed by atoms with E-state index in [1.807, 2.05) is 18.2 Å². The molecule has 0 spiro atoms. The first kappa shape index (κ1) is 10.9. The number of hydrogen-bond acceptors (Lipinski definition) is 2. The summed E-state index contributed by atoms with van der Waals surface area (Å²) in [5.41, 5.74) is 1.45. The molecule has 0 aliphatic heterocycles. The molecule has 2 aromatic rings. The number of nitrogens with zero attached hydrogens (tertiary/aromatic N) is 1. The average molecular weight is 287 g/mol. The number of benzene rings is 1. The van der Waals surface area contributed by atoms with Crippen LogP contribution in [0.15, 0.2) is 30.5 Å². The van der Waals surface area contributed by atoms with E-state index in [0.717, 1.165) is 10.9 Å². The molecule has 0 radical (unpaired) electrons. The van der Waals surface area contributed by atoms with Crippen molar-refractivity contribution in [2.24, 2.45) is 0 Å². The van der Waals surface area contributed by atoms with E-state index in [9.17, 15) is 5.11 Å². The van der Waals surface area contributed by atoms with Crippen molar-refractivity contribution in [3.05, 3.63) is 41.0 Å². The number of aliphatic hydroxyl groups is 1. The molecule has 0 saturated heterocycles. The fraction of sp³-hybridized carbons (Fsp3) is 0.182. The van der Waals surface area contributed by atoms with Crippen LogP contribution in [0.5, 0.6) is 0 Å². The summed E-state index contributed by atoms with van der Waals surface area (Å²) in [5.74, 6) is 0. The number of aromatic nitrogens is 1. The minimum Gasteiger partial charge on any atom is -0.387 e. The predicted molar refractivity (Wildman–Crippen MR) is 65.5 cm³/mol. The highest BCUT2D eigenvalue weighted by molar-refractivity contribution is 9.09. The number of aliphatic hydroxyl groups excluding tert-OH is 1. The van der Waals surface area contributed by atoms with Gasteiger partial charge in [-0.3, -0.25) is 4.98 Å². The molecule has 0 amide bonds. The maximum Gasteiger partial charge on any atom is 0.0922 e. The van der Waals surface area contributed by atoms with Crippen LogP contribution in [0.1, 0.15) is 11.7 Å². The summed E-state index contributed by atoms with van der Waals surface area (Å²) in [6, 6.07) is 7.49. The van der Waals surface area contributed by atoms with Crippen molar-refractivity contribution >= 4 is 38.4 Å². The van der Waals surface area contributed by atoms with Crippen molar-refractivity contribution in [3.63, 3.8) is 0 Å². The molecule has 4 heteroatoms. The predicted octanol–water partition coefficient (Wildman–Crippen LogP) is 3.32.